The molecule has 0 aliphatic heterocycles. The fourth-order valence-electron chi connectivity index (χ4n) is 3.82. The van der Waals surface area contributed by atoms with Gasteiger partial charge in [-0.25, -0.2) is 4.98 Å². The molecule has 0 amide bonds. The van der Waals surface area contributed by atoms with Gasteiger partial charge in [0.2, 0.25) is 0 Å². The third-order valence-electron chi connectivity index (χ3n) is 5.23. The molecule has 3 heteroatoms. The molecule has 5 rings (SSSR count). The zero-order chi connectivity index (χ0) is 19.1. The van der Waals surface area contributed by atoms with E-state index in [1.165, 1.54) is 10.8 Å². The third kappa shape index (κ3) is 2.55. The van der Waals surface area contributed by atoms with Gasteiger partial charge in [0.25, 0.3) is 0 Å². The second-order valence-electron chi connectivity index (χ2n) is 6.92. The highest BCUT2D eigenvalue weighted by Gasteiger charge is 2.12. The van der Waals surface area contributed by atoms with E-state index in [9.17, 15) is 5.26 Å². The van der Waals surface area contributed by atoms with Gasteiger partial charge in [-0.05, 0) is 46.7 Å². The number of hydrogen-bond acceptors (Lipinski definition) is 2. The molecule has 0 radical (unpaired) electrons. The van der Waals surface area contributed by atoms with Crippen LogP contribution in [0.3, 0.4) is 0 Å². The summed E-state index contributed by atoms with van der Waals surface area (Å²) in [5.74, 6) is 0. The van der Waals surface area contributed by atoms with Crippen molar-refractivity contribution in [2.45, 2.75) is 0 Å². The van der Waals surface area contributed by atoms with Crippen molar-refractivity contribution < 1.29 is 0 Å². The highest BCUT2D eigenvalue weighted by atomic mass is 15.0. The molecule has 0 aliphatic rings. The first-order valence-corrected chi connectivity index (χ1v) is 9.20. The average molecular weight is 359 g/mol. The summed E-state index contributed by atoms with van der Waals surface area (Å²) in [6.45, 7) is 0. The lowest BCUT2D eigenvalue weighted by Gasteiger charge is -2.08. The number of benzene rings is 3. The Kier molecular flexibility index (Phi) is 3.70. The van der Waals surface area contributed by atoms with Gasteiger partial charge in [-0.15, -0.1) is 0 Å². The minimum atomic E-state index is 0.659. The first-order valence-electron chi connectivity index (χ1n) is 9.20. The Bertz CT molecular complexity index is 1380. The molecule has 28 heavy (non-hydrogen) atoms. The fraction of sp³-hybridized carbons (Fsp3) is 0.0400. The SMILES string of the molecule is Cn1c(-c2cccc(C#N)c2)cc2ccc(-c3cccc4ccccc34)nc21. The Balaban J connectivity index is 1.70. The van der Waals surface area contributed by atoms with E-state index < -0.39 is 0 Å². The van der Waals surface area contributed by atoms with Crippen LogP contribution in [-0.2, 0) is 7.05 Å². The lowest BCUT2D eigenvalue weighted by Crippen LogP contribution is -1.95. The molecular weight excluding hydrogens is 342 g/mol. The van der Waals surface area contributed by atoms with E-state index in [-0.39, 0.29) is 0 Å². The summed E-state index contributed by atoms with van der Waals surface area (Å²) >= 11 is 0. The van der Waals surface area contributed by atoms with Crippen LogP contribution in [0.5, 0.6) is 0 Å². The van der Waals surface area contributed by atoms with Crippen LogP contribution in [-0.4, -0.2) is 9.55 Å². The van der Waals surface area contributed by atoms with Gasteiger partial charge in [-0.3, -0.25) is 0 Å². The van der Waals surface area contributed by atoms with E-state index in [1.807, 2.05) is 31.3 Å². The smallest absolute Gasteiger partial charge is 0.140 e. The molecule has 0 fully saturated rings. The molecule has 0 bridgehead atoms. The number of rotatable bonds is 2. The van der Waals surface area contributed by atoms with Crippen LogP contribution >= 0.6 is 0 Å². The predicted octanol–water partition coefficient (Wildman–Crippen LogP) is 5.93. The van der Waals surface area contributed by atoms with Crippen molar-refractivity contribution in [2.24, 2.45) is 7.05 Å². The van der Waals surface area contributed by atoms with E-state index in [4.69, 9.17) is 4.98 Å². The minimum Gasteiger partial charge on any atom is -0.328 e. The average Bonchev–Trinajstić information content (AvgIpc) is 3.09. The molecule has 0 N–H and O–H groups in total. The molecule has 0 spiro atoms. The molecule has 3 nitrogen and oxygen atoms in total. The summed E-state index contributed by atoms with van der Waals surface area (Å²) in [7, 11) is 2.02. The number of aromatic nitrogens is 2. The van der Waals surface area contributed by atoms with Crippen molar-refractivity contribution in [3.8, 4) is 28.6 Å². The van der Waals surface area contributed by atoms with Crippen LogP contribution in [0, 0.1) is 11.3 Å². The van der Waals surface area contributed by atoms with Crippen LogP contribution in [0.15, 0.2) is 84.9 Å². The van der Waals surface area contributed by atoms with Crippen molar-refractivity contribution >= 4 is 21.8 Å². The van der Waals surface area contributed by atoms with Crippen LogP contribution in [0.25, 0.3) is 44.3 Å². The number of pyridine rings is 1. The summed E-state index contributed by atoms with van der Waals surface area (Å²) in [6.07, 6.45) is 0. The fourth-order valence-corrected chi connectivity index (χ4v) is 3.82. The molecule has 2 heterocycles. The van der Waals surface area contributed by atoms with E-state index >= 15 is 0 Å². The topological polar surface area (TPSA) is 41.6 Å². The van der Waals surface area contributed by atoms with Gasteiger partial charge in [0.05, 0.1) is 23.0 Å². The van der Waals surface area contributed by atoms with E-state index in [0.29, 0.717) is 5.56 Å². The van der Waals surface area contributed by atoms with Gasteiger partial charge in [-0.1, -0.05) is 54.6 Å². The monoisotopic (exact) mass is 359 g/mol. The van der Waals surface area contributed by atoms with Crippen molar-refractivity contribution in [1.82, 2.24) is 9.55 Å². The first kappa shape index (κ1) is 16.3. The number of hydrogen-bond donors (Lipinski definition) is 0. The van der Waals surface area contributed by atoms with Gasteiger partial charge in [0, 0.05) is 18.0 Å². The highest BCUT2D eigenvalue weighted by Crippen LogP contribution is 2.31. The zero-order valence-electron chi connectivity index (χ0n) is 15.4. The molecule has 0 aliphatic carbocycles. The molecule has 2 aromatic heterocycles. The van der Waals surface area contributed by atoms with Gasteiger partial charge in [-0.2, -0.15) is 5.26 Å². The van der Waals surface area contributed by atoms with Crippen molar-refractivity contribution in [2.75, 3.05) is 0 Å². The van der Waals surface area contributed by atoms with Crippen LogP contribution in [0.2, 0.25) is 0 Å². The maximum Gasteiger partial charge on any atom is 0.140 e. The van der Waals surface area contributed by atoms with Crippen LogP contribution in [0.1, 0.15) is 5.56 Å². The van der Waals surface area contributed by atoms with E-state index in [2.05, 4.69) is 71.3 Å². The number of nitrogens with zero attached hydrogens (tertiary/aromatic N) is 3. The molecule has 0 unspecified atom stereocenters. The van der Waals surface area contributed by atoms with Crippen molar-refractivity contribution in [3.63, 3.8) is 0 Å². The van der Waals surface area contributed by atoms with Crippen molar-refractivity contribution in [1.29, 1.82) is 5.26 Å². The lowest BCUT2D eigenvalue weighted by molar-refractivity contribution is 0.958. The molecule has 0 saturated carbocycles. The van der Waals surface area contributed by atoms with Gasteiger partial charge < -0.3 is 4.57 Å². The normalized spacial score (nSPS) is 11.0. The van der Waals surface area contributed by atoms with Gasteiger partial charge in [0.1, 0.15) is 5.65 Å². The zero-order valence-corrected chi connectivity index (χ0v) is 15.4. The molecule has 0 atom stereocenters. The lowest BCUT2D eigenvalue weighted by atomic mass is 10.0. The second-order valence-corrected chi connectivity index (χ2v) is 6.92. The summed E-state index contributed by atoms with van der Waals surface area (Å²) in [5, 5.41) is 12.7. The molecule has 3 aromatic carbocycles. The first-order chi connectivity index (χ1) is 13.7. The quantitative estimate of drug-likeness (QED) is 0.392. The van der Waals surface area contributed by atoms with E-state index in [0.717, 1.165) is 33.5 Å². The summed E-state index contributed by atoms with van der Waals surface area (Å²) in [6, 6.07) is 30.9. The molecular formula is C25H17N3. The Hall–Kier alpha value is -3.90. The number of fused-ring (bicyclic) bond motifs is 2. The molecule has 132 valence electrons. The number of aryl methyl sites for hydroxylation is 1. The second kappa shape index (κ2) is 6.37. The summed E-state index contributed by atoms with van der Waals surface area (Å²) in [5.41, 5.74) is 5.76. The summed E-state index contributed by atoms with van der Waals surface area (Å²) in [4.78, 5) is 4.98. The highest BCUT2D eigenvalue weighted by molar-refractivity contribution is 5.97. The van der Waals surface area contributed by atoms with Crippen molar-refractivity contribution in [3.05, 3.63) is 90.5 Å². The molecule has 0 saturated heterocycles. The van der Waals surface area contributed by atoms with Gasteiger partial charge >= 0.3 is 0 Å². The van der Waals surface area contributed by atoms with Crippen LogP contribution in [0.4, 0.5) is 0 Å². The predicted molar refractivity (Wildman–Crippen MR) is 114 cm³/mol. The maximum atomic E-state index is 9.20. The maximum absolute atomic E-state index is 9.20. The third-order valence-corrected chi connectivity index (χ3v) is 5.23. The number of nitriles is 1. The Morgan fingerprint density at radius 3 is 2.54 bits per heavy atom. The Morgan fingerprint density at radius 1 is 0.821 bits per heavy atom. The van der Waals surface area contributed by atoms with Crippen LogP contribution < -0.4 is 0 Å². The van der Waals surface area contributed by atoms with Gasteiger partial charge in [0.15, 0.2) is 0 Å². The largest absolute Gasteiger partial charge is 0.328 e. The van der Waals surface area contributed by atoms with E-state index in [1.54, 1.807) is 0 Å². The Labute approximate surface area is 163 Å². The summed E-state index contributed by atoms with van der Waals surface area (Å²) < 4.78 is 2.10. The molecule has 5 aromatic rings. The Morgan fingerprint density at radius 2 is 1.64 bits per heavy atom. The minimum absolute atomic E-state index is 0.659. The standard InChI is InChI=1S/C25H17N3/c1-28-24(19-9-4-6-17(14-19)16-26)15-20-12-13-23(27-25(20)28)22-11-5-8-18-7-2-3-10-21(18)22/h2-15H,1H3.